The number of fused-ring (bicyclic) bond motifs is 1. The summed E-state index contributed by atoms with van der Waals surface area (Å²) >= 11 is 0. The predicted octanol–water partition coefficient (Wildman–Crippen LogP) is 3.59. The lowest BCUT2D eigenvalue weighted by atomic mass is 10.3. The zero-order chi connectivity index (χ0) is 20.5. The van der Waals surface area contributed by atoms with E-state index in [0.717, 1.165) is 0 Å². The maximum absolute atomic E-state index is 14.0. The maximum Gasteiger partial charge on any atom is 0.387 e. The molecule has 148 valence electrons. The number of anilines is 3. The van der Waals surface area contributed by atoms with Gasteiger partial charge in [0.05, 0.1) is 5.52 Å². The van der Waals surface area contributed by atoms with Gasteiger partial charge in [0.1, 0.15) is 17.1 Å². The third-order valence-electron chi connectivity index (χ3n) is 3.98. The fraction of sp³-hybridized carbons (Fsp3) is 0.111. The van der Waals surface area contributed by atoms with Crippen LogP contribution in [0.3, 0.4) is 0 Å². The minimum Gasteiger partial charge on any atom is -0.435 e. The van der Waals surface area contributed by atoms with E-state index in [2.05, 4.69) is 30.0 Å². The summed E-state index contributed by atoms with van der Waals surface area (Å²) in [6.45, 7) is -1.22. The molecule has 2 heterocycles. The van der Waals surface area contributed by atoms with E-state index in [1.54, 1.807) is 23.6 Å². The number of rotatable bonds is 5. The van der Waals surface area contributed by atoms with Crippen molar-refractivity contribution >= 4 is 28.6 Å². The molecule has 0 aliphatic carbocycles. The van der Waals surface area contributed by atoms with Gasteiger partial charge < -0.3 is 15.8 Å². The number of alkyl halides is 2. The van der Waals surface area contributed by atoms with E-state index in [9.17, 15) is 13.2 Å². The van der Waals surface area contributed by atoms with E-state index in [1.165, 1.54) is 30.3 Å². The number of ether oxygens (including phenoxy) is 1. The number of hydrogen-bond donors (Lipinski definition) is 2. The van der Waals surface area contributed by atoms with Crippen LogP contribution in [0.25, 0.3) is 17.0 Å². The first-order chi connectivity index (χ1) is 13.9. The first-order valence-electron chi connectivity index (χ1n) is 8.38. The van der Waals surface area contributed by atoms with Gasteiger partial charge >= 0.3 is 6.61 Å². The molecule has 4 aromatic rings. The Bertz CT molecular complexity index is 1180. The van der Waals surface area contributed by atoms with Crippen molar-refractivity contribution in [3.05, 3.63) is 54.1 Å². The number of nitrogens with one attached hydrogen (secondary N) is 1. The summed E-state index contributed by atoms with van der Waals surface area (Å²) in [5.41, 5.74) is 6.99. The normalized spacial score (nSPS) is 11.2. The van der Waals surface area contributed by atoms with Crippen LogP contribution in [-0.4, -0.2) is 31.1 Å². The second-order valence-corrected chi connectivity index (χ2v) is 5.95. The van der Waals surface area contributed by atoms with Crippen LogP contribution in [0.15, 0.2) is 42.5 Å². The molecule has 0 fully saturated rings. The Morgan fingerprint density at radius 2 is 1.79 bits per heavy atom. The lowest BCUT2D eigenvalue weighted by Crippen LogP contribution is -2.10. The molecule has 0 aliphatic rings. The maximum atomic E-state index is 14.0. The van der Waals surface area contributed by atoms with Gasteiger partial charge in [0.2, 0.25) is 17.8 Å². The number of aromatic nitrogens is 5. The molecule has 0 amide bonds. The molecule has 0 saturated heterocycles. The van der Waals surface area contributed by atoms with Crippen molar-refractivity contribution in [1.82, 2.24) is 24.5 Å². The minimum atomic E-state index is -2.90. The minimum absolute atomic E-state index is 0.0175. The number of aryl methyl sites for hydroxylation is 1. The smallest absolute Gasteiger partial charge is 0.387 e. The number of nitrogens with zero attached hydrogens (tertiary/aromatic N) is 5. The van der Waals surface area contributed by atoms with E-state index in [0.29, 0.717) is 17.0 Å². The predicted molar refractivity (Wildman–Crippen MR) is 99.9 cm³/mol. The molecule has 0 spiro atoms. The average molecular weight is 401 g/mol. The van der Waals surface area contributed by atoms with Gasteiger partial charge in [0, 0.05) is 5.69 Å². The first-order valence-corrected chi connectivity index (χ1v) is 8.38. The first kappa shape index (κ1) is 18.5. The number of nitrogen functional groups attached to an aromatic ring is 1. The summed E-state index contributed by atoms with van der Waals surface area (Å²) in [6, 6.07) is 10.3. The molecule has 0 bridgehead atoms. The highest BCUT2D eigenvalue weighted by molar-refractivity contribution is 5.78. The van der Waals surface area contributed by atoms with Crippen molar-refractivity contribution in [2.45, 2.75) is 13.5 Å². The second-order valence-electron chi connectivity index (χ2n) is 5.95. The molecule has 4 rings (SSSR count). The van der Waals surface area contributed by atoms with E-state index in [-0.39, 0.29) is 29.1 Å². The van der Waals surface area contributed by atoms with Crippen LogP contribution in [0, 0.1) is 12.7 Å². The molecule has 8 nitrogen and oxygen atoms in total. The molecule has 0 aliphatic heterocycles. The Morgan fingerprint density at radius 1 is 1.03 bits per heavy atom. The SMILES string of the molecule is Cc1nc2c(F)cccc2n1-c1nc(N)nc(Nc2ccc(OC(F)F)cc2)n1. The Kier molecular flexibility index (Phi) is 4.63. The van der Waals surface area contributed by atoms with Crippen molar-refractivity contribution in [3.63, 3.8) is 0 Å². The Labute approximate surface area is 162 Å². The zero-order valence-electron chi connectivity index (χ0n) is 15.0. The second kappa shape index (κ2) is 7.26. The summed E-state index contributed by atoms with van der Waals surface area (Å²) in [7, 11) is 0. The molecule has 3 N–H and O–H groups in total. The van der Waals surface area contributed by atoms with Crippen LogP contribution in [0.5, 0.6) is 5.75 Å². The molecule has 0 unspecified atom stereocenters. The van der Waals surface area contributed by atoms with Crippen molar-refractivity contribution in [3.8, 4) is 11.7 Å². The molecule has 11 heteroatoms. The van der Waals surface area contributed by atoms with Crippen molar-refractivity contribution in [2.24, 2.45) is 0 Å². The molecule has 0 saturated carbocycles. The highest BCUT2D eigenvalue weighted by Crippen LogP contribution is 2.24. The van der Waals surface area contributed by atoms with Crippen LogP contribution in [-0.2, 0) is 0 Å². The van der Waals surface area contributed by atoms with Gasteiger partial charge in [-0.1, -0.05) is 6.07 Å². The number of para-hydroxylation sites is 1. The molecular weight excluding hydrogens is 387 g/mol. The zero-order valence-corrected chi connectivity index (χ0v) is 15.0. The molecule has 0 atom stereocenters. The van der Waals surface area contributed by atoms with Gasteiger partial charge in [-0.2, -0.15) is 23.7 Å². The van der Waals surface area contributed by atoms with Crippen LogP contribution in [0.2, 0.25) is 0 Å². The fourth-order valence-corrected chi connectivity index (χ4v) is 2.82. The highest BCUT2D eigenvalue weighted by Gasteiger charge is 2.16. The highest BCUT2D eigenvalue weighted by atomic mass is 19.3. The standard InChI is InChI=1S/C18H14F3N7O/c1-9-23-14-12(19)3-2-4-13(14)28(9)18-26-16(22)25-17(27-18)24-10-5-7-11(8-6-10)29-15(20)21/h2-8,15H,1H3,(H3,22,24,25,26,27). The van der Waals surface area contributed by atoms with E-state index < -0.39 is 12.4 Å². The quantitative estimate of drug-likeness (QED) is 0.527. The largest absolute Gasteiger partial charge is 0.435 e. The van der Waals surface area contributed by atoms with Crippen molar-refractivity contribution in [2.75, 3.05) is 11.1 Å². The summed E-state index contributed by atoms with van der Waals surface area (Å²) in [5.74, 6) is 0.235. The topological polar surface area (TPSA) is 104 Å². The van der Waals surface area contributed by atoms with Gasteiger partial charge in [-0.15, -0.1) is 0 Å². The number of hydrogen-bond acceptors (Lipinski definition) is 7. The third-order valence-corrected chi connectivity index (χ3v) is 3.98. The van der Waals surface area contributed by atoms with Gasteiger partial charge in [-0.05, 0) is 43.3 Å². The molecule has 2 aromatic carbocycles. The van der Waals surface area contributed by atoms with E-state index >= 15 is 0 Å². The van der Waals surface area contributed by atoms with Gasteiger partial charge in [-0.3, -0.25) is 4.57 Å². The van der Waals surface area contributed by atoms with Crippen LogP contribution < -0.4 is 15.8 Å². The van der Waals surface area contributed by atoms with Crippen LogP contribution in [0.1, 0.15) is 5.82 Å². The molecular formula is C18H14F3N7O. The number of halogens is 3. The summed E-state index contributed by atoms with van der Waals surface area (Å²) in [4.78, 5) is 16.7. The van der Waals surface area contributed by atoms with Gasteiger partial charge in [0.25, 0.3) is 0 Å². The Hall–Kier alpha value is -3.89. The number of benzene rings is 2. The Balaban J connectivity index is 1.69. The van der Waals surface area contributed by atoms with Crippen molar-refractivity contribution in [1.29, 1.82) is 0 Å². The van der Waals surface area contributed by atoms with Gasteiger partial charge in [-0.25, -0.2) is 9.37 Å². The Morgan fingerprint density at radius 3 is 2.52 bits per heavy atom. The average Bonchev–Trinajstić information content (AvgIpc) is 3.00. The van der Waals surface area contributed by atoms with Crippen molar-refractivity contribution < 1.29 is 17.9 Å². The van der Waals surface area contributed by atoms with E-state index in [1.807, 2.05) is 0 Å². The molecule has 2 aromatic heterocycles. The third kappa shape index (κ3) is 3.74. The lowest BCUT2D eigenvalue weighted by molar-refractivity contribution is -0.0498. The monoisotopic (exact) mass is 401 g/mol. The van der Waals surface area contributed by atoms with Crippen LogP contribution >= 0.6 is 0 Å². The van der Waals surface area contributed by atoms with Crippen LogP contribution in [0.4, 0.5) is 30.8 Å². The van der Waals surface area contributed by atoms with Gasteiger partial charge in [0.15, 0.2) is 5.82 Å². The number of imidazole rings is 1. The molecule has 0 radical (unpaired) electrons. The fourth-order valence-electron chi connectivity index (χ4n) is 2.82. The molecule has 29 heavy (non-hydrogen) atoms. The number of nitrogens with two attached hydrogens (primary N) is 1. The summed E-state index contributed by atoms with van der Waals surface area (Å²) in [6.07, 6.45) is 0. The summed E-state index contributed by atoms with van der Waals surface area (Å²) in [5, 5.41) is 2.91. The summed E-state index contributed by atoms with van der Waals surface area (Å²) < 4.78 is 44.4. The van der Waals surface area contributed by atoms with E-state index in [4.69, 9.17) is 5.73 Å². The lowest BCUT2D eigenvalue weighted by Gasteiger charge is -2.10.